The molecule has 0 aromatic heterocycles. The standard InChI is InChI=1S/C14H26N4OS/c1-12-3-2-4-13(11-12)16-17-14(20)15-5-6-18-7-9-19-10-8-18/h12H,2-11H2,1H3,(H2,15,17,20)/b16-13-/t12-/m1/s1. The molecule has 0 spiro atoms. The molecular formula is C14H26N4OS. The van der Waals surface area contributed by atoms with Gasteiger partial charge in [0, 0.05) is 31.9 Å². The summed E-state index contributed by atoms with van der Waals surface area (Å²) in [6.45, 7) is 7.85. The van der Waals surface area contributed by atoms with Crippen LogP contribution in [0.2, 0.25) is 0 Å². The molecule has 1 saturated heterocycles. The van der Waals surface area contributed by atoms with Crippen LogP contribution in [0.1, 0.15) is 32.6 Å². The Kier molecular flexibility index (Phi) is 6.69. The quantitative estimate of drug-likeness (QED) is 0.606. The van der Waals surface area contributed by atoms with Crippen molar-refractivity contribution in [3.63, 3.8) is 0 Å². The Balaban J connectivity index is 1.59. The third kappa shape index (κ3) is 5.73. The lowest BCUT2D eigenvalue weighted by Gasteiger charge is -2.26. The van der Waals surface area contributed by atoms with Gasteiger partial charge in [-0.3, -0.25) is 10.3 Å². The van der Waals surface area contributed by atoms with Crippen LogP contribution in [-0.4, -0.2) is 55.1 Å². The van der Waals surface area contributed by atoms with Gasteiger partial charge in [0.25, 0.3) is 0 Å². The molecule has 1 aliphatic carbocycles. The van der Waals surface area contributed by atoms with Gasteiger partial charge in [0.1, 0.15) is 0 Å². The minimum absolute atomic E-state index is 0.629. The third-order valence-electron chi connectivity index (χ3n) is 3.88. The lowest BCUT2D eigenvalue weighted by molar-refractivity contribution is 0.0389. The first-order valence-corrected chi connectivity index (χ1v) is 8.04. The van der Waals surface area contributed by atoms with Crippen LogP contribution in [-0.2, 0) is 4.74 Å². The first-order chi connectivity index (χ1) is 9.74. The summed E-state index contributed by atoms with van der Waals surface area (Å²) in [5, 5.41) is 8.27. The van der Waals surface area contributed by atoms with E-state index in [1.165, 1.54) is 18.6 Å². The molecule has 6 heteroatoms. The van der Waals surface area contributed by atoms with Crippen molar-refractivity contribution < 1.29 is 4.74 Å². The summed E-state index contributed by atoms with van der Waals surface area (Å²) in [7, 11) is 0. The number of rotatable bonds is 4. The predicted molar refractivity (Wildman–Crippen MR) is 86.1 cm³/mol. The maximum Gasteiger partial charge on any atom is 0.186 e. The van der Waals surface area contributed by atoms with Crippen LogP contribution in [0.5, 0.6) is 0 Å². The second kappa shape index (κ2) is 8.54. The van der Waals surface area contributed by atoms with E-state index in [1.807, 2.05) is 0 Å². The van der Waals surface area contributed by atoms with E-state index in [9.17, 15) is 0 Å². The van der Waals surface area contributed by atoms with Crippen molar-refractivity contribution in [2.75, 3.05) is 39.4 Å². The van der Waals surface area contributed by atoms with E-state index in [2.05, 4.69) is 27.7 Å². The van der Waals surface area contributed by atoms with Gasteiger partial charge in [0.2, 0.25) is 0 Å². The van der Waals surface area contributed by atoms with Crippen LogP contribution in [0.4, 0.5) is 0 Å². The molecular weight excluding hydrogens is 272 g/mol. The second-order valence-electron chi connectivity index (χ2n) is 5.70. The zero-order valence-electron chi connectivity index (χ0n) is 12.4. The van der Waals surface area contributed by atoms with Gasteiger partial charge in [-0.05, 0) is 43.8 Å². The first-order valence-electron chi connectivity index (χ1n) is 7.63. The Hall–Kier alpha value is -0.720. The fourth-order valence-electron chi connectivity index (χ4n) is 2.68. The summed E-state index contributed by atoms with van der Waals surface area (Å²) in [6, 6.07) is 0. The molecule has 0 unspecified atom stereocenters. The number of hydrogen-bond donors (Lipinski definition) is 2. The molecule has 20 heavy (non-hydrogen) atoms. The first kappa shape index (κ1) is 15.7. The summed E-state index contributed by atoms with van der Waals surface area (Å²) < 4.78 is 5.32. The van der Waals surface area contributed by atoms with Crippen LogP contribution in [0, 0.1) is 5.92 Å². The van der Waals surface area contributed by atoms with E-state index in [0.29, 0.717) is 5.11 Å². The topological polar surface area (TPSA) is 48.9 Å². The highest BCUT2D eigenvalue weighted by atomic mass is 32.1. The fraction of sp³-hybridized carbons (Fsp3) is 0.857. The molecule has 114 valence electrons. The van der Waals surface area contributed by atoms with Crippen molar-refractivity contribution in [1.82, 2.24) is 15.6 Å². The second-order valence-corrected chi connectivity index (χ2v) is 6.11. The maximum atomic E-state index is 5.32. The Labute approximate surface area is 127 Å². The largest absolute Gasteiger partial charge is 0.379 e. The van der Waals surface area contributed by atoms with Gasteiger partial charge in [-0.2, -0.15) is 5.10 Å². The number of ether oxygens (including phenoxy) is 1. The summed E-state index contributed by atoms with van der Waals surface area (Å²) in [4.78, 5) is 2.38. The van der Waals surface area contributed by atoms with Gasteiger partial charge in [0.15, 0.2) is 5.11 Å². The maximum absolute atomic E-state index is 5.32. The molecule has 2 aliphatic rings. The Morgan fingerprint density at radius 3 is 3.00 bits per heavy atom. The van der Waals surface area contributed by atoms with Gasteiger partial charge in [0.05, 0.1) is 13.2 Å². The molecule has 0 amide bonds. The van der Waals surface area contributed by atoms with Crippen molar-refractivity contribution in [3.05, 3.63) is 0 Å². The van der Waals surface area contributed by atoms with Crippen LogP contribution >= 0.6 is 12.2 Å². The van der Waals surface area contributed by atoms with Gasteiger partial charge in [-0.25, -0.2) is 0 Å². The molecule has 2 rings (SSSR count). The molecule has 5 nitrogen and oxygen atoms in total. The molecule has 1 saturated carbocycles. The van der Waals surface area contributed by atoms with Gasteiger partial charge >= 0.3 is 0 Å². The number of hydrogen-bond acceptors (Lipinski definition) is 4. The fourth-order valence-corrected chi connectivity index (χ4v) is 2.83. The van der Waals surface area contributed by atoms with Gasteiger partial charge in [-0.15, -0.1) is 0 Å². The molecule has 1 aliphatic heterocycles. The van der Waals surface area contributed by atoms with E-state index in [4.69, 9.17) is 17.0 Å². The molecule has 1 heterocycles. The highest BCUT2D eigenvalue weighted by Crippen LogP contribution is 2.20. The number of nitrogens with one attached hydrogen (secondary N) is 2. The van der Waals surface area contributed by atoms with E-state index in [0.717, 1.165) is 58.2 Å². The van der Waals surface area contributed by atoms with Crippen molar-refractivity contribution in [1.29, 1.82) is 0 Å². The predicted octanol–water partition coefficient (Wildman–Crippen LogP) is 1.35. The number of nitrogens with zero attached hydrogens (tertiary/aromatic N) is 2. The Bertz CT molecular complexity index is 342. The summed E-state index contributed by atoms with van der Waals surface area (Å²) in [5.41, 5.74) is 4.23. The van der Waals surface area contributed by atoms with Crippen molar-refractivity contribution in [2.45, 2.75) is 32.6 Å². The molecule has 1 atom stereocenters. The van der Waals surface area contributed by atoms with Crippen LogP contribution in [0.25, 0.3) is 0 Å². The minimum atomic E-state index is 0.629. The third-order valence-corrected chi connectivity index (χ3v) is 4.11. The average Bonchev–Trinajstić information content (AvgIpc) is 2.46. The van der Waals surface area contributed by atoms with Crippen LogP contribution < -0.4 is 10.7 Å². The number of thiocarbonyl (C=S) groups is 1. The Morgan fingerprint density at radius 2 is 2.25 bits per heavy atom. The van der Waals surface area contributed by atoms with Crippen molar-refractivity contribution in [3.8, 4) is 0 Å². The van der Waals surface area contributed by atoms with E-state index >= 15 is 0 Å². The highest BCUT2D eigenvalue weighted by Gasteiger charge is 2.14. The van der Waals surface area contributed by atoms with Gasteiger partial charge in [-0.1, -0.05) is 6.92 Å². The van der Waals surface area contributed by atoms with Crippen LogP contribution in [0.15, 0.2) is 5.10 Å². The average molecular weight is 298 g/mol. The molecule has 0 aromatic carbocycles. The lowest BCUT2D eigenvalue weighted by Crippen LogP contribution is -2.43. The SMILES string of the molecule is C[C@@H]1CCC/C(=N/NC(=S)NCCN2CCOCC2)C1. The van der Waals surface area contributed by atoms with Crippen molar-refractivity contribution >= 4 is 23.0 Å². The molecule has 0 radical (unpaired) electrons. The molecule has 0 bridgehead atoms. The zero-order valence-corrected chi connectivity index (χ0v) is 13.2. The Morgan fingerprint density at radius 1 is 1.45 bits per heavy atom. The highest BCUT2D eigenvalue weighted by molar-refractivity contribution is 7.80. The normalized spacial score (nSPS) is 26.4. The summed E-state index contributed by atoms with van der Waals surface area (Å²) in [6.07, 6.45) is 4.78. The minimum Gasteiger partial charge on any atom is -0.379 e. The molecule has 2 N–H and O–H groups in total. The van der Waals surface area contributed by atoms with E-state index in [-0.39, 0.29) is 0 Å². The zero-order chi connectivity index (χ0) is 14.2. The van der Waals surface area contributed by atoms with Crippen molar-refractivity contribution in [2.24, 2.45) is 11.0 Å². The molecule has 2 fully saturated rings. The van der Waals surface area contributed by atoms with E-state index in [1.54, 1.807) is 0 Å². The van der Waals surface area contributed by atoms with E-state index < -0.39 is 0 Å². The smallest absolute Gasteiger partial charge is 0.186 e. The summed E-state index contributed by atoms with van der Waals surface area (Å²) >= 11 is 5.25. The number of hydrazone groups is 1. The molecule has 0 aromatic rings. The van der Waals surface area contributed by atoms with Gasteiger partial charge < -0.3 is 10.1 Å². The lowest BCUT2D eigenvalue weighted by atomic mass is 9.89. The monoisotopic (exact) mass is 298 g/mol. The summed E-state index contributed by atoms with van der Waals surface area (Å²) in [5.74, 6) is 0.757. The number of morpholine rings is 1. The van der Waals surface area contributed by atoms with Crippen LogP contribution in [0.3, 0.4) is 0 Å².